The van der Waals surface area contributed by atoms with E-state index in [4.69, 9.17) is 25.0 Å². The van der Waals surface area contributed by atoms with Crippen molar-refractivity contribution in [2.75, 3.05) is 4.90 Å². The molecule has 216 valence electrons. The third kappa shape index (κ3) is 4.43. The van der Waals surface area contributed by atoms with Gasteiger partial charge in [0.2, 0.25) is 0 Å². The van der Waals surface area contributed by atoms with E-state index in [2.05, 4.69) is 0 Å². The summed E-state index contributed by atoms with van der Waals surface area (Å²) in [6, 6.07) is 14.5. The number of benzene rings is 8. The number of para-hydroxylation sites is 2. The lowest BCUT2D eigenvalue weighted by Gasteiger charge is -2.27. The largest absolute Gasteiger partial charge is 0.456 e. The highest BCUT2D eigenvalue weighted by Crippen LogP contribution is 2.42. The molecule has 0 spiro atoms. The second-order valence-electron chi connectivity index (χ2n) is 10.6. The molecule has 0 radical (unpaired) electrons. The van der Waals surface area contributed by atoms with Crippen LogP contribution in [0.3, 0.4) is 0 Å². The van der Waals surface area contributed by atoms with Gasteiger partial charge in [-0.1, -0.05) is 121 Å². The Kier molecular flexibility index (Phi) is 3.47. The molecule has 0 saturated heterocycles. The fourth-order valence-corrected chi connectivity index (χ4v) is 5.86. The minimum absolute atomic E-state index is 0.0475. The molecule has 0 fully saturated rings. The average Bonchev–Trinajstić information content (AvgIpc) is 3.65. The lowest BCUT2D eigenvalue weighted by atomic mass is 9.93. The molecule has 2 nitrogen and oxygen atoms in total. The highest BCUT2D eigenvalue weighted by molar-refractivity contribution is 6.19. The molecule has 0 bridgehead atoms. The Morgan fingerprint density at radius 1 is 0.457 bits per heavy atom. The maximum absolute atomic E-state index is 9.77. The predicted molar refractivity (Wildman–Crippen MR) is 194 cm³/mol. The summed E-state index contributed by atoms with van der Waals surface area (Å²) in [6.45, 7) is 0. The number of hydrogen-bond acceptors (Lipinski definition) is 2. The van der Waals surface area contributed by atoms with Crippen LogP contribution in [0.2, 0.25) is 0 Å². The lowest BCUT2D eigenvalue weighted by Crippen LogP contribution is -2.10. The second-order valence-corrected chi connectivity index (χ2v) is 10.6. The molecule has 9 aromatic rings. The summed E-state index contributed by atoms with van der Waals surface area (Å²) in [5.74, 6) is 0. The van der Waals surface area contributed by atoms with E-state index in [1.54, 1.807) is 48.5 Å². The van der Waals surface area contributed by atoms with Crippen LogP contribution in [0.15, 0.2) is 180 Å². The SMILES string of the molecule is [2H]c1cc2oc3c([2H])c([2H])c4ccc(-c5cc(N(c6ccc(-c7c([2H])c([2H])c([2H])c([2H])c7[2H])cc6)c6c([2H])c([2H])c([2H])c([2H])c6[2H])cc6ccccc56)c([2H])c4c3c2c([2H])c1[2H]. The fraction of sp³-hybridized carbons (Fsp3) is 0. The van der Waals surface area contributed by atoms with Crippen molar-refractivity contribution in [3.63, 3.8) is 0 Å². The van der Waals surface area contributed by atoms with Gasteiger partial charge in [-0.2, -0.15) is 0 Å². The topological polar surface area (TPSA) is 16.4 Å². The summed E-state index contributed by atoms with van der Waals surface area (Å²) < 4.78 is 144. The van der Waals surface area contributed by atoms with Crippen LogP contribution in [0.1, 0.15) is 21.9 Å². The molecular formula is C44H29NO. The molecule has 0 aliphatic rings. The van der Waals surface area contributed by atoms with Crippen LogP contribution in [-0.4, -0.2) is 0 Å². The quantitative estimate of drug-likeness (QED) is 0.195. The summed E-state index contributed by atoms with van der Waals surface area (Å²) in [7, 11) is 0. The van der Waals surface area contributed by atoms with E-state index in [0.29, 0.717) is 27.6 Å². The van der Waals surface area contributed by atoms with Crippen molar-refractivity contribution in [1.82, 2.24) is 0 Å². The molecule has 0 saturated carbocycles. The van der Waals surface area contributed by atoms with Gasteiger partial charge in [0.05, 0.1) is 21.9 Å². The minimum Gasteiger partial charge on any atom is -0.456 e. The van der Waals surface area contributed by atoms with Crippen molar-refractivity contribution in [1.29, 1.82) is 0 Å². The van der Waals surface area contributed by atoms with E-state index >= 15 is 0 Å². The summed E-state index contributed by atoms with van der Waals surface area (Å²) in [5, 5.41) is 2.00. The van der Waals surface area contributed by atoms with Gasteiger partial charge in [-0.25, -0.2) is 0 Å². The van der Waals surface area contributed by atoms with Crippen molar-refractivity contribution in [3.8, 4) is 22.3 Å². The third-order valence-corrected chi connectivity index (χ3v) is 7.92. The molecular weight excluding hydrogens is 558 g/mol. The molecule has 0 aliphatic heterocycles. The monoisotopic (exact) mass is 603 g/mol. The van der Waals surface area contributed by atoms with E-state index < -0.39 is 60.4 Å². The molecule has 46 heavy (non-hydrogen) atoms. The first-order chi connectivity index (χ1) is 29.4. The Labute approximate surface area is 289 Å². The van der Waals surface area contributed by atoms with Crippen LogP contribution in [0, 0.1) is 0 Å². The highest BCUT2D eigenvalue weighted by atomic mass is 16.3. The number of rotatable bonds is 5. The first kappa shape index (κ1) is 14.8. The molecule has 0 aliphatic carbocycles. The smallest absolute Gasteiger partial charge is 0.136 e. The molecule has 1 aromatic heterocycles. The second kappa shape index (κ2) is 10.8. The van der Waals surface area contributed by atoms with Crippen LogP contribution in [0.25, 0.3) is 65.7 Å². The van der Waals surface area contributed by atoms with Crippen molar-refractivity contribution < 1.29 is 26.3 Å². The van der Waals surface area contributed by atoms with E-state index in [1.807, 2.05) is 12.1 Å². The number of furan rings is 1. The van der Waals surface area contributed by atoms with Crippen LogP contribution >= 0.6 is 0 Å². The van der Waals surface area contributed by atoms with Gasteiger partial charge in [-0.05, 0) is 98.3 Å². The van der Waals surface area contributed by atoms with Crippen molar-refractivity contribution in [2.24, 2.45) is 0 Å². The Morgan fingerprint density at radius 2 is 1.22 bits per heavy atom. The maximum Gasteiger partial charge on any atom is 0.136 e. The van der Waals surface area contributed by atoms with Gasteiger partial charge < -0.3 is 9.32 Å². The maximum atomic E-state index is 9.77. The molecule has 1 heterocycles. The van der Waals surface area contributed by atoms with Gasteiger partial charge in [-0.15, -0.1) is 0 Å². The third-order valence-electron chi connectivity index (χ3n) is 7.92. The number of hydrogen-bond donors (Lipinski definition) is 0. The number of nitrogens with zero attached hydrogens (tertiary/aromatic N) is 1. The van der Waals surface area contributed by atoms with Gasteiger partial charge >= 0.3 is 0 Å². The fourth-order valence-electron chi connectivity index (χ4n) is 5.86. The van der Waals surface area contributed by atoms with Gasteiger partial charge in [-0.3, -0.25) is 0 Å². The minimum atomic E-state index is -0.607. The predicted octanol–water partition coefficient (Wildman–Crippen LogP) is 12.7. The summed E-state index contributed by atoms with van der Waals surface area (Å²) >= 11 is 0. The Bertz CT molecular complexity index is 3380. The van der Waals surface area contributed by atoms with Crippen LogP contribution in [0.5, 0.6) is 0 Å². The Balaban J connectivity index is 1.34. The Morgan fingerprint density at radius 3 is 2.07 bits per heavy atom. The molecule has 0 atom stereocenters. The summed E-state index contributed by atoms with van der Waals surface area (Å²) in [4.78, 5) is 1.46. The highest BCUT2D eigenvalue weighted by Gasteiger charge is 2.17. The van der Waals surface area contributed by atoms with Crippen LogP contribution in [0.4, 0.5) is 17.1 Å². The first-order valence-electron chi connectivity index (χ1n) is 22.4. The first-order valence-corrected chi connectivity index (χ1v) is 14.4. The number of anilines is 3. The molecule has 2 heteroatoms. The molecule has 0 unspecified atom stereocenters. The lowest BCUT2D eigenvalue weighted by molar-refractivity contribution is 0.669. The van der Waals surface area contributed by atoms with Gasteiger partial charge in [0.1, 0.15) is 11.2 Å². The van der Waals surface area contributed by atoms with Gasteiger partial charge in [0.25, 0.3) is 0 Å². The average molecular weight is 604 g/mol. The van der Waals surface area contributed by atoms with Crippen LogP contribution < -0.4 is 4.90 Å². The van der Waals surface area contributed by atoms with E-state index in [9.17, 15) is 1.37 Å². The van der Waals surface area contributed by atoms with E-state index in [0.717, 1.165) is 0 Å². The zero-order chi connectivity index (χ0) is 44.4. The van der Waals surface area contributed by atoms with E-state index in [1.165, 1.54) is 23.1 Å². The van der Waals surface area contributed by atoms with Gasteiger partial charge in [0.15, 0.2) is 0 Å². The zero-order valence-electron chi connectivity index (χ0n) is 39.9. The summed E-state index contributed by atoms with van der Waals surface area (Å²) in [6.07, 6.45) is 0. The molecule has 0 N–H and O–H groups in total. The standard InChI is InChI=1S/C44H29NO/c1-3-11-30(12-4-1)31-21-24-36(25-22-31)45(35-14-5-2-6-15-35)37-27-33-13-7-8-16-38(33)40(29-37)34-20-19-32-23-26-43-44(41(32)28-34)39-17-9-10-18-42(39)46-43/h1-29H/i1D,2D,3D,4D,5D,6D,9D,10D,11D,12D,14D,15D,17D,23D,26D,28D. The molecule has 0 amide bonds. The normalized spacial score (nSPS) is 16.3. The van der Waals surface area contributed by atoms with Crippen molar-refractivity contribution >= 4 is 60.5 Å². The van der Waals surface area contributed by atoms with Crippen LogP contribution in [-0.2, 0) is 0 Å². The summed E-state index contributed by atoms with van der Waals surface area (Å²) in [5.41, 5.74) is 1.37. The van der Waals surface area contributed by atoms with Crippen molar-refractivity contribution in [3.05, 3.63) is 176 Å². The Hall–Kier alpha value is -6.12. The van der Waals surface area contributed by atoms with Crippen molar-refractivity contribution in [2.45, 2.75) is 0 Å². The molecule has 9 rings (SSSR count). The molecule has 8 aromatic carbocycles. The van der Waals surface area contributed by atoms with E-state index in [-0.39, 0.29) is 91.5 Å². The van der Waals surface area contributed by atoms with Gasteiger partial charge in [0, 0.05) is 27.8 Å². The zero-order valence-corrected chi connectivity index (χ0v) is 23.9. The number of fused-ring (bicyclic) bond motifs is 6.